The topological polar surface area (TPSA) is 110 Å². The lowest BCUT2D eigenvalue weighted by Crippen LogP contribution is -2.43. The van der Waals surface area contributed by atoms with Crippen molar-refractivity contribution in [1.82, 2.24) is 4.90 Å². The van der Waals surface area contributed by atoms with Crippen LogP contribution >= 0.6 is 11.8 Å². The molecule has 39 heavy (non-hydrogen) atoms. The van der Waals surface area contributed by atoms with Gasteiger partial charge < -0.3 is 15.0 Å². The van der Waals surface area contributed by atoms with Crippen LogP contribution in [0, 0.1) is 11.8 Å². The fourth-order valence-corrected chi connectivity index (χ4v) is 8.67. The van der Waals surface area contributed by atoms with E-state index in [1.165, 1.54) is 0 Å². The van der Waals surface area contributed by atoms with E-state index in [1.807, 2.05) is 11.8 Å². The largest absolute Gasteiger partial charge is 0.465 e. The van der Waals surface area contributed by atoms with Crippen molar-refractivity contribution in [2.75, 3.05) is 30.8 Å². The van der Waals surface area contributed by atoms with Gasteiger partial charge in [0.1, 0.15) is 5.25 Å². The molecule has 208 valence electrons. The van der Waals surface area contributed by atoms with Crippen LogP contribution in [0.3, 0.4) is 0 Å². The molecule has 5 rings (SSSR count). The van der Waals surface area contributed by atoms with E-state index in [0.717, 1.165) is 31.2 Å². The first-order chi connectivity index (χ1) is 18.7. The second-order valence-corrected chi connectivity index (χ2v) is 14.1. The number of hydrogen-bond acceptors (Lipinski definition) is 7. The highest BCUT2D eigenvalue weighted by Crippen LogP contribution is 2.43. The number of fused-ring (bicyclic) bond motifs is 1. The Kier molecular flexibility index (Phi) is 8.32. The van der Waals surface area contributed by atoms with Gasteiger partial charge in [0.2, 0.25) is 5.91 Å². The zero-order valence-electron chi connectivity index (χ0n) is 22.0. The molecule has 2 aliphatic heterocycles. The third-order valence-corrected chi connectivity index (χ3v) is 11.1. The van der Waals surface area contributed by atoms with Crippen LogP contribution in [-0.2, 0) is 30.6 Å². The average molecular weight is 571 g/mol. The monoisotopic (exact) mass is 570 g/mol. The molecule has 3 atom stereocenters. The molecule has 2 heterocycles. The first-order valence-corrected chi connectivity index (χ1v) is 16.1. The number of ether oxygens (including phenoxy) is 1. The molecule has 0 bridgehead atoms. The van der Waals surface area contributed by atoms with Crippen LogP contribution in [-0.4, -0.2) is 67.1 Å². The number of sulfone groups is 1. The Hall–Kier alpha value is -2.85. The van der Waals surface area contributed by atoms with E-state index >= 15 is 0 Å². The van der Waals surface area contributed by atoms with Crippen LogP contribution in [0.25, 0.3) is 0 Å². The maximum Gasteiger partial charge on any atom is 0.319 e. The van der Waals surface area contributed by atoms with Crippen molar-refractivity contribution in [3.05, 3.63) is 59.7 Å². The summed E-state index contributed by atoms with van der Waals surface area (Å²) in [6.07, 6.45) is 3.76. The van der Waals surface area contributed by atoms with Gasteiger partial charge in [-0.05, 0) is 86.4 Å². The summed E-state index contributed by atoms with van der Waals surface area (Å²) in [7, 11) is -3.27. The summed E-state index contributed by atoms with van der Waals surface area (Å²) in [5.74, 6) is 0.475. The van der Waals surface area contributed by atoms with Gasteiger partial charge in [-0.2, -0.15) is 0 Å². The second-order valence-electron chi connectivity index (χ2n) is 10.6. The number of thioether (sulfide) groups is 1. The molecule has 0 aromatic heterocycles. The van der Waals surface area contributed by atoms with E-state index in [1.54, 1.807) is 60.3 Å². The smallest absolute Gasteiger partial charge is 0.319 e. The van der Waals surface area contributed by atoms with E-state index < -0.39 is 9.84 Å². The number of carbonyl (C=O) groups excluding carboxylic acids is 3. The molecule has 2 amide bonds. The Bertz CT molecular complexity index is 1320. The fourth-order valence-electron chi connectivity index (χ4n) is 5.28. The van der Waals surface area contributed by atoms with Crippen LogP contribution in [0.4, 0.5) is 5.69 Å². The van der Waals surface area contributed by atoms with Gasteiger partial charge in [0.15, 0.2) is 9.84 Å². The highest BCUT2D eigenvalue weighted by molar-refractivity contribution is 8.01. The maximum atomic E-state index is 13.1. The number of amides is 2. The minimum atomic E-state index is -3.27. The number of hydrogen-bond donors (Lipinski definition) is 1. The van der Waals surface area contributed by atoms with Crippen molar-refractivity contribution >= 4 is 45.1 Å². The van der Waals surface area contributed by atoms with Gasteiger partial charge in [-0.15, -0.1) is 11.8 Å². The van der Waals surface area contributed by atoms with Gasteiger partial charge in [0, 0.05) is 29.6 Å². The summed E-state index contributed by atoms with van der Waals surface area (Å²) in [5, 5.41) is 2.94. The van der Waals surface area contributed by atoms with Crippen molar-refractivity contribution in [2.45, 2.75) is 54.4 Å². The molecule has 1 N–H and O–H groups in total. The highest BCUT2D eigenvalue weighted by atomic mass is 32.2. The lowest BCUT2D eigenvalue weighted by Gasteiger charge is -2.34. The number of esters is 1. The van der Waals surface area contributed by atoms with Crippen molar-refractivity contribution in [3.8, 4) is 0 Å². The minimum Gasteiger partial charge on any atom is -0.465 e. The third kappa shape index (κ3) is 6.84. The third-order valence-electron chi connectivity index (χ3n) is 7.60. The molecule has 2 aromatic rings. The van der Waals surface area contributed by atoms with E-state index in [4.69, 9.17) is 4.74 Å². The number of anilines is 1. The minimum absolute atomic E-state index is 0.0526. The predicted octanol–water partition coefficient (Wildman–Crippen LogP) is 3.95. The quantitative estimate of drug-likeness (QED) is 0.455. The summed E-state index contributed by atoms with van der Waals surface area (Å²) in [6, 6.07) is 13.4. The fraction of sp³-hybridized carbons (Fsp3) is 0.483. The molecular formula is C29H34N2O6S2. The number of rotatable bonds is 9. The summed E-state index contributed by atoms with van der Waals surface area (Å²) >= 11 is 1.63. The lowest BCUT2D eigenvalue weighted by atomic mass is 9.92. The van der Waals surface area contributed by atoms with Gasteiger partial charge in [-0.1, -0.05) is 12.1 Å². The van der Waals surface area contributed by atoms with Gasteiger partial charge in [0.05, 0.1) is 23.7 Å². The molecule has 0 radical (unpaired) electrons. The van der Waals surface area contributed by atoms with Crippen molar-refractivity contribution in [2.24, 2.45) is 11.8 Å². The molecule has 2 saturated heterocycles. The van der Waals surface area contributed by atoms with Gasteiger partial charge in [-0.25, -0.2) is 8.42 Å². The molecule has 1 saturated carbocycles. The van der Waals surface area contributed by atoms with Crippen LogP contribution in [0.5, 0.6) is 0 Å². The van der Waals surface area contributed by atoms with E-state index in [2.05, 4.69) is 5.32 Å². The van der Waals surface area contributed by atoms with E-state index in [9.17, 15) is 22.8 Å². The van der Waals surface area contributed by atoms with Crippen molar-refractivity contribution in [1.29, 1.82) is 0 Å². The number of carbonyl (C=O) groups is 3. The number of nitrogens with one attached hydrogen (secondary N) is 1. The highest BCUT2D eigenvalue weighted by Gasteiger charge is 2.43. The first-order valence-electron chi connectivity index (χ1n) is 13.5. The van der Waals surface area contributed by atoms with Gasteiger partial charge in [0.25, 0.3) is 5.91 Å². The summed E-state index contributed by atoms with van der Waals surface area (Å²) in [6.45, 7) is 3.47. The molecule has 3 aliphatic rings. The Morgan fingerprint density at radius 1 is 1.03 bits per heavy atom. The number of likely N-dealkylation sites (tertiary alicyclic amines) is 1. The molecule has 2 aromatic carbocycles. The first kappa shape index (κ1) is 27.7. The Morgan fingerprint density at radius 2 is 1.74 bits per heavy atom. The molecule has 10 heteroatoms. The molecule has 3 unspecified atom stereocenters. The zero-order chi connectivity index (χ0) is 27.6. The van der Waals surface area contributed by atoms with Crippen LogP contribution in [0.15, 0.2) is 53.4 Å². The standard InChI is InChI=1S/C29H34N2O6S2/c1-2-37-29(34)25-16-22-13-14-31(17-26(22)38-25)28(33)21-7-9-23(10-8-21)30-27(32)15-19-5-11-24(12-6-19)39(35,36)18-20-3-4-20/h5-12,20,22,25-26H,2-4,13-18H2,1H3,(H,30,32). The Morgan fingerprint density at radius 3 is 2.41 bits per heavy atom. The van der Waals surface area contributed by atoms with Gasteiger partial charge >= 0.3 is 5.97 Å². The number of benzene rings is 2. The Balaban J connectivity index is 1.12. The van der Waals surface area contributed by atoms with Crippen LogP contribution < -0.4 is 5.32 Å². The molecular weight excluding hydrogens is 536 g/mol. The maximum absolute atomic E-state index is 13.1. The van der Waals surface area contributed by atoms with E-state index in [0.29, 0.717) is 41.8 Å². The molecule has 1 aliphatic carbocycles. The molecule has 3 fully saturated rings. The predicted molar refractivity (Wildman–Crippen MR) is 150 cm³/mol. The summed E-state index contributed by atoms with van der Waals surface area (Å²) in [5.41, 5.74) is 1.87. The summed E-state index contributed by atoms with van der Waals surface area (Å²) < 4.78 is 30.0. The summed E-state index contributed by atoms with van der Waals surface area (Å²) in [4.78, 5) is 40.0. The van der Waals surface area contributed by atoms with Crippen LogP contribution in [0.1, 0.15) is 48.5 Å². The molecule has 8 nitrogen and oxygen atoms in total. The van der Waals surface area contributed by atoms with Crippen molar-refractivity contribution < 1.29 is 27.5 Å². The lowest BCUT2D eigenvalue weighted by molar-refractivity contribution is -0.142. The zero-order valence-corrected chi connectivity index (χ0v) is 23.6. The second kappa shape index (κ2) is 11.7. The SMILES string of the molecule is CCOC(=O)C1CC2CCN(C(=O)c3ccc(NC(=O)Cc4ccc(S(=O)(=O)CC5CC5)cc4)cc3)CC2S1. The Labute approximate surface area is 233 Å². The van der Waals surface area contributed by atoms with Crippen LogP contribution in [0.2, 0.25) is 0 Å². The number of nitrogens with zero attached hydrogens (tertiary/aromatic N) is 1. The van der Waals surface area contributed by atoms with Crippen molar-refractivity contribution in [3.63, 3.8) is 0 Å². The van der Waals surface area contributed by atoms with E-state index in [-0.39, 0.29) is 46.4 Å². The normalized spacial score (nSPS) is 22.7. The van der Waals surface area contributed by atoms with Gasteiger partial charge in [-0.3, -0.25) is 14.4 Å². The molecule has 0 spiro atoms. The number of piperidine rings is 1. The average Bonchev–Trinajstić information content (AvgIpc) is 3.61.